The van der Waals surface area contributed by atoms with Crippen molar-refractivity contribution in [2.75, 3.05) is 17.2 Å². The normalized spacial score (nSPS) is 10.4. The zero-order valence-electron chi connectivity index (χ0n) is 12.6. The summed E-state index contributed by atoms with van der Waals surface area (Å²) in [6.45, 7) is 6.09. The van der Waals surface area contributed by atoms with Crippen LogP contribution >= 0.6 is 0 Å². The van der Waals surface area contributed by atoms with Crippen LogP contribution in [-0.2, 0) is 11.2 Å². The van der Waals surface area contributed by atoms with Crippen molar-refractivity contribution in [3.63, 3.8) is 0 Å². The first kappa shape index (κ1) is 15.0. The van der Waals surface area contributed by atoms with E-state index in [-0.39, 0.29) is 5.91 Å². The number of carbonyl (C=O) groups excluding carboxylic acids is 1. The van der Waals surface area contributed by atoms with Crippen LogP contribution in [0.2, 0.25) is 0 Å². The fourth-order valence-corrected chi connectivity index (χ4v) is 2.06. The molecule has 6 heteroatoms. The summed E-state index contributed by atoms with van der Waals surface area (Å²) in [4.78, 5) is 15.3. The molecule has 0 saturated carbocycles. The number of nitrogens with zero attached hydrogens (tertiary/aromatic N) is 2. The standard InChI is InChI=1S/C15H20N4O2/c1-10-13(6-4-7-14(10)18-12(3)20)16-9-5-8-15-17-11(2)19-21-15/h4,6-7,16H,5,8-9H2,1-3H3,(H,18,20). The van der Waals surface area contributed by atoms with Crippen LogP contribution in [0.5, 0.6) is 0 Å². The number of aryl methyl sites for hydroxylation is 2. The van der Waals surface area contributed by atoms with Crippen molar-refractivity contribution in [3.05, 3.63) is 35.5 Å². The molecule has 0 atom stereocenters. The number of amides is 1. The molecule has 1 amide bonds. The molecule has 2 N–H and O–H groups in total. The van der Waals surface area contributed by atoms with Crippen LogP contribution in [-0.4, -0.2) is 22.6 Å². The van der Waals surface area contributed by atoms with Crippen molar-refractivity contribution in [3.8, 4) is 0 Å². The Kier molecular flexibility index (Phi) is 4.92. The van der Waals surface area contributed by atoms with E-state index < -0.39 is 0 Å². The van der Waals surface area contributed by atoms with Gasteiger partial charge in [0.1, 0.15) is 0 Å². The number of hydrogen-bond acceptors (Lipinski definition) is 5. The highest BCUT2D eigenvalue weighted by Gasteiger charge is 2.05. The van der Waals surface area contributed by atoms with E-state index in [2.05, 4.69) is 20.8 Å². The predicted molar refractivity (Wildman–Crippen MR) is 81.3 cm³/mol. The molecule has 1 aromatic heterocycles. The van der Waals surface area contributed by atoms with Crippen molar-refractivity contribution in [2.24, 2.45) is 0 Å². The van der Waals surface area contributed by atoms with Gasteiger partial charge in [-0.1, -0.05) is 11.2 Å². The minimum absolute atomic E-state index is 0.0676. The highest BCUT2D eigenvalue weighted by Crippen LogP contribution is 2.23. The van der Waals surface area contributed by atoms with Gasteiger partial charge in [0.25, 0.3) is 0 Å². The van der Waals surface area contributed by atoms with Crippen LogP contribution in [0.15, 0.2) is 22.7 Å². The predicted octanol–water partition coefficient (Wildman–Crippen LogP) is 2.69. The zero-order chi connectivity index (χ0) is 15.2. The lowest BCUT2D eigenvalue weighted by Crippen LogP contribution is -2.09. The van der Waals surface area contributed by atoms with E-state index in [1.54, 1.807) is 0 Å². The van der Waals surface area contributed by atoms with Gasteiger partial charge in [0.05, 0.1) is 0 Å². The molecule has 0 unspecified atom stereocenters. The van der Waals surface area contributed by atoms with Crippen LogP contribution in [0.1, 0.15) is 30.6 Å². The third kappa shape index (κ3) is 4.30. The SMILES string of the molecule is CC(=O)Nc1cccc(NCCCc2nc(C)no2)c1C. The molecule has 2 rings (SSSR count). The van der Waals surface area contributed by atoms with Gasteiger partial charge in [-0.25, -0.2) is 0 Å². The van der Waals surface area contributed by atoms with Gasteiger partial charge in [-0.05, 0) is 38.0 Å². The Hall–Kier alpha value is -2.37. The molecule has 1 heterocycles. The Morgan fingerprint density at radius 2 is 2.05 bits per heavy atom. The molecule has 0 radical (unpaired) electrons. The van der Waals surface area contributed by atoms with Gasteiger partial charge in [-0.15, -0.1) is 0 Å². The average molecular weight is 288 g/mol. The Bertz CT molecular complexity index is 622. The van der Waals surface area contributed by atoms with Crippen molar-refractivity contribution in [2.45, 2.75) is 33.6 Å². The lowest BCUT2D eigenvalue weighted by molar-refractivity contribution is -0.114. The molecule has 0 aliphatic heterocycles. The third-order valence-electron chi connectivity index (χ3n) is 3.10. The largest absolute Gasteiger partial charge is 0.385 e. The van der Waals surface area contributed by atoms with E-state index in [0.717, 1.165) is 36.3 Å². The monoisotopic (exact) mass is 288 g/mol. The maximum absolute atomic E-state index is 11.1. The molecule has 6 nitrogen and oxygen atoms in total. The van der Waals surface area contributed by atoms with Crippen molar-refractivity contribution < 1.29 is 9.32 Å². The number of rotatable bonds is 6. The smallest absolute Gasteiger partial charge is 0.226 e. The topological polar surface area (TPSA) is 80.0 Å². The van der Waals surface area contributed by atoms with Gasteiger partial charge in [0, 0.05) is 31.3 Å². The number of anilines is 2. The van der Waals surface area contributed by atoms with Gasteiger partial charge in [-0.2, -0.15) is 4.98 Å². The van der Waals surface area contributed by atoms with E-state index in [1.807, 2.05) is 32.0 Å². The Morgan fingerprint density at radius 3 is 2.71 bits per heavy atom. The molecule has 112 valence electrons. The first-order valence-corrected chi connectivity index (χ1v) is 6.96. The van der Waals surface area contributed by atoms with Gasteiger partial charge in [0.15, 0.2) is 5.82 Å². The molecular weight excluding hydrogens is 268 g/mol. The van der Waals surface area contributed by atoms with E-state index in [4.69, 9.17) is 4.52 Å². The summed E-state index contributed by atoms with van der Waals surface area (Å²) in [5, 5.41) is 9.94. The van der Waals surface area contributed by atoms with Crippen molar-refractivity contribution in [1.29, 1.82) is 0 Å². The highest BCUT2D eigenvalue weighted by molar-refractivity contribution is 5.90. The van der Waals surface area contributed by atoms with E-state index in [1.165, 1.54) is 6.92 Å². The molecule has 2 aromatic rings. The number of aromatic nitrogens is 2. The second-order valence-corrected chi connectivity index (χ2v) is 4.92. The molecule has 0 aliphatic rings. The Morgan fingerprint density at radius 1 is 1.29 bits per heavy atom. The van der Waals surface area contributed by atoms with Crippen LogP contribution in [0.4, 0.5) is 11.4 Å². The molecule has 0 bridgehead atoms. The van der Waals surface area contributed by atoms with Gasteiger partial charge in [-0.3, -0.25) is 4.79 Å². The highest BCUT2D eigenvalue weighted by atomic mass is 16.5. The number of hydrogen-bond donors (Lipinski definition) is 2. The summed E-state index contributed by atoms with van der Waals surface area (Å²) >= 11 is 0. The van der Waals surface area contributed by atoms with Crippen molar-refractivity contribution in [1.82, 2.24) is 10.1 Å². The quantitative estimate of drug-likeness (QED) is 0.799. The summed E-state index contributed by atoms with van der Waals surface area (Å²) in [5.74, 6) is 1.26. The molecule has 0 aliphatic carbocycles. The van der Waals surface area contributed by atoms with E-state index in [0.29, 0.717) is 11.7 Å². The maximum Gasteiger partial charge on any atom is 0.226 e. The zero-order valence-corrected chi connectivity index (χ0v) is 12.6. The fourth-order valence-electron chi connectivity index (χ4n) is 2.06. The fraction of sp³-hybridized carbons (Fsp3) is 0.400. The van der Waals surface area contributed by atoms with Crippen LogP contribution in [0.3, 0.4) is 0 Å². The number of benzene rings is 1. The first-order valence-electron chi connectivity index (χ1n) is 6.96. The second kappa shape index (κ2) is 6.88. The van der Waals surface area contributed by atoms with Crippen LogP contribution in [0.25, 0.3) is 0 Å². The van der Waals surface area contributed by atoms with Crippen LogP contribution in [0, 0.1) is 13.8 Å². The molecule has 1 aromatic carbocycles. The molecule has 0 saturated heterocycles. The van der Waals surface area contributed by atoms with Gasteiger partial charge < -0.3 is 15.2 Å². The van der Waals surface area contributed by atoms with Crippen molar-refractivity contribution >= 4 is 17.3 Å². The minimum Gasteiger partial charge on any atom is -0.385 e. The molecule has 21 heavy (non-hydrogen) atoms. The van der Waals surface area contributed by atoms with Gasteiger partial charge >= 0.3 is 0 Å². The lowest BCUT2D eigenvalue weighted by atomic mass is 10.1. The summed E-state index contributed by atoms with van der Waals surface area (Å²) in [5.41, 5.74) is 2.88. The average Bonchev–Trinajstić information content (AvgIpc) is 2.84. The Labute approximate surface area is 123 Å². The summed E-state index contributed by atoms with van der Waals surface area (Å²) < 4.78 is 5.07. The second-order valence-electron chi connectivity index (χ2n) is 4.92. The molecule has 0 fully saturated rings. The van der Waals surface area contributed by atoms with Crippen LogP contribution < -0.4 is 10.6 Å². The third-order valence-corrected chi connectivity index (χ3v) is 3.10. The van der Waals surface area contributed by atoms with E-state index in [9.17, 15) is 4.79 Å². The summed E-state index contributed by atoms with van der Waals surface area (Å²) in [6, 6.07) is 5.81. The van der Waals surface area contributed by atoms with Gasteiger partial charge in [0.2, 0.25) is 11.8 Å². The summed E-state index contributed by atoms with van der Waals surface area (Å²) in [7, 11) is 0. The maximum atomic E-state index is 11.1. The summed E-state index contributed by atoms with van der Waals surface area (Å²) in [6.07, 6.45) is 1.64. The molecular formula is C15H20N4O2. The Balaban J connectivity index is 1.86. The van der Waals surface area contributed by atoms with E-state index >= 15 is 0 Å². The first-order chi connectivity index (χ1) is 10.1. The number of nitrogens with one attached hydrogen (secondary N) is 2. The minimum atomic E-state index is -0.0676. The molecule has 0 spiro atoms. The number of carbonyl (C=O) groups is 1. The lowest BCUT2D eigenvalue weighted by Gasteiger charge is -2.13.